The van der Waals surface area contributed by atoms with Gasteiger partial charge in [-0.05, 0) is 42.0 Å². The maximum atomic E-state index is 12.2. The van der Waals surface area contributed by atoms with Gasteiger partial charge in [-0.3, -0.25) is 9.59 Å². The van der Waals surface area contributed by atoms with E-state index in [2.05, 4.69) is 10.5 Å². The number of amides is 1. The third-order valence-electron chi connectivity index (χ3n) is 3.47. The Morgan fingerprint density at radius 2 is 1.52 bits per heavy atom. The summed E-state index contributed by atoms with van der Waals surface area (Å²) >= 11 is 0. The fourth-order valence-electron chi connectivity index (χ4n) is 2.21. The highest BCUT2D eigenvalue weighted by atomic mass is 16.6. The maximum Gasteiger partial charge on any atom is 0.308 e. The van der Waals surface area contributed by atoms with E-state index in [4.69, 9.17) is 18.9 Å². The van der Waals surface area contributed by atoms with Gasteiger partial charge in [-0.1, -0.05) is 0 Å². The van der Waals surface area contributed by atoms with Crippen molar-refractivity contribution in [3.05, 3.63) is 47.5 Å². The molecular weight excluding hydrogens is 352 g/mol. The second-order valence-corrected chi connectivity index (χ2v) is 5.27. The molecule has 27 heavy (non-hydrogen) atoms. The molecule has 0 fully saturated rings. The third kappa shape index (κ3) is 5.21. The summed E-state index contributed by atoms with van der Waals surface area (Å²) in [5.41, 5.74) is 3.45. The number of nitrogens with zero attached hydrogens (tertiary/aromatic N) is 1. The van der Waals surface area contributed by atoms with Gasteiger partial charge in [0.05, 0.1) is 27.5 Å². The number of carbonyl (C=O) groups is 2. The summed E-state index contributed by atoms with van der Waals surface area (Å²) in [6.07, 6.45) is 1.44. The molecule has 2 rings (SSSR count). The van der Waals surface area contributed by atoms with Crippen molar-refractivity contribution in [2.24, 2.45) is 5.10 Å². The molecule has 0 radical (unpaired) electrons. The van der Waals surface area contributed by atoms with Crippen molar-refractivity contribution in [3.63, 3.8) is 0 Å². The summed E-state index contributed by atoms with van der Waals surface area (Å²) in [7, 11) is 4.47. The molecule has 0 atom stereocenters. The average Bonchev–Trinajstić information content (AvgIpc) is 2.67. The second kappa shape index (κ2) is 9.23. The standard InChI is InChI=1S/C19H20N2O6/c1-12(22)27-16-7-5-13(9-17(16)25-3)11-20-21-19(23)14-6-8-15(24-2)18(10-14)26-4/h5-11H,1-4H3,(H,21,23)/b20-11+. The molecule has 8 nitrogen and oxygen atoms in total. The summed E-state index contributed by atoms with van der Waals surface area (Å²) in [6, 6.07) is 9.68. The van der Waals surface area contributed by atoms with Crippen LogP contribution in [0, 0.1) is 0 Å². The van der Waals surface area contributed by atoms with E-state index >= 15 is 0 Å². The monoisotopic (exact) mass is 372 g/mol. The Morgan fingerprint density at radius 3 is 2.15 bits per heavy atom. The Hall–Kier alpha value is -3.55. The van der Waals surface area contributed by atoms with Crippen molar-refractivity contribution in [1.29, 1.82) is 0 Å². The maximum absolute atomic E-state index is 12.2. The molecular formula is C19H20N2O6. The number of benzene rings is 2. The number of nitrogens with one attached hydrogen (secondary N) is 1. The molecule has 0 bridgehead atoms. The van der Waals surface area contributed by atoms with Gasteiger partial charge in [0.15, 0.2) is 23.0 Å². The van der Waals surface area contributed by atoms with E-state index < -0.39 is 11.9 Å². The molecule has 2 aromatic rings. The first-order valence-corrected chi connectivity index (χ1v) is 7.90. The molecule has 0 aliphatic heterocycles. The molecule has 0 heterocycles. The highest BCUT2D eigenvalue weighted by molar-refractivity contribution is 5.95. The van der Waals surface area contributed by atoms with Gasteiger partial charge in [-0.2, -0.15) is 5.10 Å². The van der Waals surface area contributed by atoms with Crippen LogP contribution in [0.2, 0.25) is 0 Å². The van der Waals surface area contributed by atoms with E-state index in [-0.39, 0.29) is 0 Å². The minimum absolute atomic E-state index is 0.302. The van der Waals surface area contributed by atoms with Gasteiger partial charge >= 0.3 is 5.97 Å². The fraction of sp³-hybridized carbons (Fsp3) is 0.211. The first-order chi connectivity index (χ1) is 13.0. The van der Waals surface area contributed by atoms with Crippen molar-refractivity contribution >= 4 is 18.1 Å². The molecule has 0 spiro atoms. The molecule has 0 unspecified atom stereocenters. The van der Waals surface area contributed by atoms with Crippen LogP contribution in [0.3, 0.4) is 0 Å². The number of ether oxygens (including phenoxy) is 4. The lowest BCUT2D eigenvalue weighted by atomic mass is 10.2. The van der Waals surface area contributed by atoms with Gasteiger partial charge in [0.25, 0.3) is 5.91 Å². The van der Waals surface area contributed by atoms with Crippen LogP contribution in [0.5, 0.6) is 23.0 Å². The first kappa shape index (κ1) is 19.8. The molecule has 0 aliphatic carbocycles. The van der Waals surface area contributed by atoms with Crippen LogP contribution in [0.15, 0.2) is 41.5 Å². The van der Waals surface area contributed by atoms with Crippen LogP contribution in [0.1, 0.15) is 22.8 Å². The SMILES string of the molecule is COc1ccc(C(=O)N/N=C/c2ccc(OC(C)=O)c(OC)c2)cc1OC. The van der Waals surface area contributed by atoms with E-state index in [0.717, 1.165) is 0 Å². The predicted molar refractivity (Wildman–Crippen MR) is 98.9 cm³/mol. The summed E-state index contributed by atoms with van der Waals surface area (Å²) < 4.78 is 20.5. The lowest BCUT2D eigenvalue weighted by molar-refractivity contribution is -0.132. The smallest absolute Gasteiger partial charge is 0.308 e. The number of carbonyl (C=O) groups excluding carboxylic acids is 2. The van der Waals surface area contributed by atoms with Crippen LogP contribution in [0.4, 0.5) is 0 Å². The van der Waals surface area contributed by atoms with Gasteiger partial charge in [-0.15, -0.1) is 0 Å². The Kier molecular flexibility index (Phi) is 6.76. The quantitative estimate of drug-likeness (QED) is 0.347. The number of rotatable bonds is 7. The molecule has 0 aromatic heterocycles. The zero-order valence-corrected chi connectivity index (χ0v) is 15.4. The lowest BCUT2D eigenvalue weighted by Crippen LogP contribution is -2.17. The van der Waals surface area contributed by atoms with E-state index in [0.29, 0.717) is 34.1 Å². The molecule has 0 saturated heterocycles. The lowest BCUT2D eigenvalue weighted by Gasteiger charge is -2.09. The van der Waals surface area contributed by atoms with Gasteiger partial charge < -0.3 is 18.9 Å². The van der Waals surface area contributed by atoms with Crippen LogP contribution in [0.25, 0.3) is 0 Å². The van der Waals surface area contributed by atoms with Crippen molar-refractivity contribution in [3.8, 4) is 23.0 Å². The molecule has 8 heteroatoms. The van der Waals surface area contributed by atoms with Gasteiger partial charge in [-0.25, -0.2) is 5.43 Å². The second-order valence-electron chi connectivity index (χ2n) is 5.27. The highest BCUT2D eigenvalue weighted by Crippen LogP contribution is 2.28. The Bertz CT molecular complexity index is 863. The number of hydrogen-bond donors (Lipinski definition) is 1. The van der Waals surface area contributed by atoms with Crippen molar-refractivity contribution in [2.75, 3.05) is 21.3 Å². The summed E-state index contributed by atoms with van der Waals surface area (Å²) in [5.74, 6) is 0.793. The predicted octanol–water partition coefficient (Wildman–Crippen LogP) is 2.40. The Balaban J connectivity index is 2.08. The molecule has 2 aromatic carbocycles. The molecule has 142 valence electrons. The Morgan fingerprint density at radius 1 is 0.889 bits per heavy atom. The first-order valence-electron chi connectivity index (χ1n) is 7.90. The minimum Gasteiger partial charge on any atom is -0.493 e. The van der Waals surface area contributed by atoms with Crippen molar-refractivity contribution in [1.82, 2.24) is 5.43 Å². The van der Waals surface area contributed by atoms with Crippen LogP contribution in [-0.2, 0) is 4.79 Å². The fourth-order valence-corrected chi connectivity index (χ4v) is 2.21. The third-order valence-corrected chi connectivity index (χ3v) is 3.47. The van der Waals surface area contributed by atoms with E-state index in [1.54, 1.807) is 36.4 Å². The highest BCUT2D eigenvalue weighted by Gasteiger charge is 2.10. The summed E-state index contributed by atoms with van der Waals surface area (Å²) in [4.78, 5) is 23.3. The normalized spacial score (nSPS) is 10.4. The van der Waals surface area contributed by atoms with Crippen molar-refractivity contribution < 1.29 is 28.5 Å². The van der Waals surface area contributed by atoms with Gasteiger partial charge in [0.2, 0.25) is 0 Å². The van der Waals surface area contributed by atoms with Gasteiger partial charge in [0, 0.05) is 12.5 Å². The van der Waals surface area contributed by atoms with E-state index in [1.807, 2.05) is 0 Å². The van der Waals surface area contributed by atoms with Crippen molar-refractivity contribution in [2.45, 2.75) is 6.92 Å². The number of hydrogen-bond acceptors (Lipinski definition) is 7. The van der Waals surface area contributed by atoms with E-state index in [9.17, 15) is 9.59 Å². The minimum atomic E-state index is -0.447. The number of methoxy groups -OCH3 is 3. The molecule has 1 amide bonds. The molecule has 1 N–H and O–H groups in total. The van der Waals surface area contributed by atoms with E-state index in [1.165, 1.54) is 34.5 Å². The topological polar surface area (TPSA) is 95.5 Å². The van der Waals surface area contributed by atoms with Gasteiger partial charge in [0.1, 0.15) is 0 Å². The molecule has 0 saturated carbocycles. The molecule has 0 aliphatic rings. The zero-order chi connectivity index (χ0) is 19.8. The number of esters is 1. The average molecular weight is 372 g/mol. The number of hydrazone groups is 1. The summed E-state index contributed by atoms with van der Waals surface area (Å²) in [6.45, 7) is 1.30. The largest absolute Gasteiger partial charge is 0.493 e. The van der Waals surface area contributed by atoms with Crippen LogP contribution >= 0.6 is 0 Å². The summed E-state index contributed by atoms with van der Waals surface area (Å²) in [5, 5.41) is 3.92. The van der Waals surface area contributed by atoms with Crippen LogP contribution < -0.4 is 24.4 Å². The van der Waals surface area contributed by atoms with Crippen LogP contribution in [-0.4, -0.2) is 39.4 Å². The zero-order valence-electron chi connectivity index (χ0n) is 15.4. The Labute approximate surface area is 156 Å².